The van der Waals surface area contributed by atoms with Crippen LogP contribution in [0.4, 0.5) is 5.69 Å². The van der Waals surface area contributed by atoms with E-state index in [-0.39, 0.29) is 22.9 Å². The Balaban J connectivity index is 2.10. The van der Waals surface area contributed by atoms with Crippen molar-refractivity contribution in [1.29, 1.82) is 0 Å². The van der Waals surface area contributed by atoms with Crippen LogP contribution >= 0.6 is 0 Å². The molecule has 25 heavy (non-hydrogen) atoms. The van der Waals surface area contributed by atoms with Gasteiger partial charge in [0.05, 0.1) is 28.3 Å². The molecule has 0 saturated carbocycles. The average molecular weight is 385 g/mol. The highest BCUT2D eigenvalue weighted by atomic mass is 32.2. The van der Waals surface area contributed by atoms with Crippen LogP contribution in [0.2, 0.25) is 0 Å². The van der Waals surface area contributed by atoms with Gasteiger partial charge in [-0.3, -0.25) is 9.71 Å². The maximum atomic E-state index is 12.3. The highest BCUT2D eigenvalue weighted by Gasteiger charge is 2.17. The van der Waals surface area contributed by atoms with Gasteiger partial charge in [-0.2, -0.15) is 0 Å². The Morgan fingerprint density at radius 3 is 2.20 bits per heavy atom. The van der Waals surface area contributed by atoms with Crippen LogP contribution in [0.25, 0.3) is 0 Å². The standard InChI is InChI=1S/C15H19N3O5S2/c1-2-23-11-10-17-24(19,20)14-5-7-15(8-6-14)25(21,22)18-13-4-3-9-16-12-13/h3-9,12,17-18H,2,10-11H2,1H3. The fourth-order valence-electron chi connectivity index (χ4n) is 1.91. The van der Waals surface area contributed by atoms with Crippen LogP contribution in [-0.2, 0) is 24.8 Å². The molecular formula is C15H19N3O5S2. The number of ether oxygens (including phenoxy) is 1. The first-order chi connectivity index (χ1) is 11.8. The van der Waals surface area contributed by atoms with E-state index in [2.05, 4.69) is 14.4 Å². The fourth-order valence-corrected chi connectivity index (χ4v) is 3.97. The number of anilines is 1. The molecule has 0 radical (unpaired) electrons. The highest BCUT2D eigenvalue weighted by molar-refractivity contribution is 7.92. The number of sulfonamides is 2. The van der Waals surface area contributed by atoms with Gasteiger partial charge >= 0.3 is 0 Å². The van der Waals surface area contributed by atoms with Crippen molar-refractivity contribution in [2.45, 2.75) is 16.7 Å². The number of aromatic nitrogens is 1. The molecule has 1 heterocycles. The Morgan fingerprint density at radius 2 is 1.64 bits per heavy atom. The number of hydrogen-bond donors (Lipinski definition) is 2. The highest BCUT2D eigenvalue weighted by Crippen LogP contribution is 2.17. The maximum Gasteiger partial charge on any atom is 0.261 e. The SMILES string of the molecule is CCOCCNS(=O)(=O)c1ccc(S(=O)(=O)Nc2cccnc2)cc1. The van der Waals surface area contributed by atoms with Gasteiger partial charge in [-0.15, -0.1) is 0 Å². The molecule has 10 heteroatoms. The Hall–Kier alpha value is -2.01. The minimum absolute atomic E-state index is 0.0238. The lowest BCUT2D eigenvalue weighted by Crippen LogP contribution is -2.27. The molecule has 0 aliphatic carbocycles. The molecule has 2 N–H and O–H groups in total. The summed E-state index contributed by atoms with van der Waals surface area (Å²) in [5.41, 5.74) is 0.316. The Kier molecular flexibility index (Phi) is 6.48. The van der Waals surface area contributed by atoms with Gasteiger partial charge in [0.25, 0.3) is 10.0 Å². The first kappa shape index (κ1) is 19.3. The molecule has 0 spiro atoms. The van der Waals surface area contributed by atoms with Crippen LogP contribution in [0.5, 0.6) is 0 Å². The van der Waals surface area contributed by atoms with E-state index in [1.807, 2.05) is 6.92 Å². The summed E-state index contributed by atoms with van der Waals surface area (Å²) in [7, 11) is -7.54. The lowest BCUT2D eigenvalue weighted by atomic mass is 10.4. The van der Waals surface area contributed by atoms with Crippen molar-refractivity contribution in [3.8, 4) is 0 Å². The lowest BCUT2D eigenvalue weighted by molar-refractivity contribution is 0.153. The van der Waals surface area contributed by atoms with Gasteiger partial charge in [-0.05, 0) is 43.3 Å². The molecule has 0 bridgehead atoms. The zero-order valence-electron chi connectivity index (χ0n) is 13.5. The van der Waals surface area contributed by atoms with E-state index in [0.29, 0.717) is 12.3 Å². The zero-order chi connectivity index (χ0) is 18.3. The number of rotatable bonds is 9. The Morgan fingerprint density at radius 1 is 1.00 bits per heavy atom. The maximum absolute atomic E-state index is 12.3. The molecule has 0 aliphatic rings. The lowest BCUT2D eigenvalue weighted by Gasteiger charge is -2.09. The Bertz CT molecular complexity index is 883. The van der Waals surface area contributed by atoms with Crippen molar-refractivity contribution < 1.29 is 21.6 Å². The normalized spacial score (nSPS) is 12.0. The molecule has 2 rings (SSSR count). The van der Waals surface area contributed by atoms with Crippen molar-refractivity contribution in [1.82, 2.24) is 9.71 Å². The fraction of sp³-hybridized carbons (Fsp3) is 0.267. The summed E-state index contributed by atoms with van der Waals surface area (Å²) in [4.78, 5) is 3.75. The molecule has 0 amide bonds. The third kappa shape index (κ3) is 5.49. The van der Waals surface area contributed by atoms with Crippen molar-refractivity contribution in [2.75, 3.05) is 24.5 Å². The molecule has 0 unspecified atom stereocenters. The van der Waals surface area contributed by atoms with E-state index in [4.69, 9.17) is 4.74 Å². The van der Waals surface area contributed by atoms with E-state index in [0.717, 1.165) is 0 Å². The second kappa shape index (κ2) is 8.39. The van der Waals surface area contributed by atoms with Crippen LogP contribution in [0, 0.1) is 0 Å². The van der Waals surface area contributed by atoms with Crippen LogP contribution < -0.4 is 9.44 Å². The van der Waals surface area contributed by atoms with Gasteiger partial charge in [0.15, 0.2) is 0 Å². The topological polar surface area (TPSA) is 114 Å². The second-order valence-electron chi connectivity index (χ2n) is 4.91. The van der Waals surface area contributed by atoms with Gasteiger partial charge in [0.1, 0.15) is 0 Å². The van der Waals surface area contributed by atoms with Gasteiger partial charge < -0.3 is 4.74 Å². The molecule has 0 aliphatic heterocycles. The summed E-state index contributed by atoms with van der Waals surface area (Å²) in [6.07, 6.45) is 2.90. The summed E-state index contributed by atoms with van der Waals surface area (Å²) >= 11 is 0. The predicted molar refractivity (Wildman–Crippen MR) is 93.2 cm³/mol. The van der Waals surface area contributed by atoms with Gasteiger partial charge in [0.2, 0.25) is 10.0 Å². The first-order valence-corrected chi connectivity index (χ1v) is 10.4. The third-order valence-electron chi connectivity index (χ3n) is 3.10. The minimum Gasteiger partial charge on any atom is -0.380 e. The quantitative estimate of drug-likeness (QED) is 0.627. The molecule has 0 fully saturated rings. The second-order valence-corrected chi connectivity index (χ2v) is 8.36. The van der Waals surface area contributed by atoms with E-state index < -0.39 is 20.0 Å². The van der Waals surface area contributed by atoms with Gasteiger partial charge in [-0.1, -0.05) is 0 Å². The van der Waals surface area contributed by atoms with Gasteiger partial charge in [0, 0.05) is 19.3 Å². The van der Waals surface area contributed by atoms with Crippen LogP contribution in [-0.4, -0.2) is 41.6 Å². The van der Waals surface area contributed by atoms with Crippen LogP contribution in [0.15, 0.2) is 58.6 Å². The van der Waals surface area contributed by atoms with Crippen LogP contribution in [0.3, 0.4) is 0 Å². The van der Waals surface area contributed by atoms with E-state index in [1.165, 1.54) is 36.7 Å². The minimum atomic E-state index is -3.83. The zero-order valence-corrected chi connectivity index (χ0v) is 15.2. The molecule has 136 valence electrons. The molecule has 1 aromatic heterocycles. The number of nitrogens with zero attached hydrogens (tertiary/aromatic N) is 1. The van der Waals surface area contributed by atoms with E-state index >= 15 is 0 Å². The van der Waals surface area contributed by atoms with E-state index in [9.17, 15) is 16.8 Å². The van der Waals surface area contributed by atoms with Crippen molar-refractivity contribution in [3.63, 3.8) is 0 Å². The summed E-state index contributed by atoms with van der Waals surface area (Å²) in [5, 5.41) is 0. The first-order valence-electron chi connectivity index (χ1n) is 7.45. The number of nitrogens with one attached hydrogen (secondary N) is 2. The Labute approximate surface area is 147 Å². The van der Waals surface area contributed by atoms with Crippen molar-refractivity contribution in [3.05, 3.63) is 48.8 Å². The number of hydrogen-bond acceptors (Lipinski definition) is 6. The average Bonchev–Trinajstić information content (AvgIpc) is 2.59. The monoisotopic (exact) mass is 385 g/mol. The summed E-state index contributed by atoms with van der Waals surface area (Å²) < 4.78 is 58.6. The van der Waals surface area contributed by atoms with Crippen LogP contribution in [0.1, 0.15) is 6.92 Å². The summed E-state index contributed by atoms with van der Waals surface area (Å²) in [5.74, 6) is 0. The largest absolute Gasteiger partial charge is 0.380 e. The molecular weight excluding hydrogens is 366 g/mol. The smallest absolute Gasteiger partial charge is 0.261 e. The molecule has 0 atom stereocenters. The summed E-state index contributed by atoms with van der Waals surface area (Å²) in [6, 6.07) is 8.10. The number of pyridine rings is 1. The molecule has 2 aromatic rings. The number of benzene rings is 1. The predicted octanol–water partition coefficient (Wildman–Crippen LogP) is 1.20. The van der Waals surface area contributed by atoms with Crippen molar-refractivity contribution >= 4 is 25.7 Å². The van der Waals surface area contributed by atoms with E-state index in [1.54, 1.807) is 12.1 Å². The molecule has 1 aromatic carbocycles. The van der Waals surface area contributed by atoms with Crippen molar-refractivity contribution in [2.24, 2.45) is 0 Å². The summed E-state index contributed by atoms with van der Waals surface area (Å²) in [6.45, 7) is 2.71. The molecule has 0 saturated heterocycles. The molecule has 8 nitrogen and oxygen atoms in total. The third-order valence-corrected chi connectivity index (χ3v) is 5.97. The van der Waals surface area contributed by atoms with Gasteiger partial charge in [-0.25, -0.2) is 21.6 Å².